The highest BCUT2D eigenvalue weighted by atomic mass is 32.2. The van der Waals surface area contributed by atoms with E-state index in [1.54, 1.807) is 12.1 Å². The van der Waals surface area contributed by atoms with Crippen LogP contribution in [-0.2, 0) is 11.3 Å². The third kappa shape index (κ3) is 3.83. The molecule has 0 spiro atoms. The van der Waals surface area contributed by atoms with Crippen LogP contribution < -0.4 is 4.73 Å². The molecule has 27 heavy (non-hydrogen) atoms. The van der Waals surface area contributed by atoms with Crippen molar-refractivity contribution in [2.45, 2.75) is 17.5 Å². The molecule has 3 aromatic rings. The highest BCUT2D eigenvalue weighted by molar-refractivity contribution is 7.99. The van der Waals surface area contributed by atoms with Gasteiger partial charge in [0.1, 0.15) is 0 Å². The summed E-state index contributed by atoms with van der Waals surface area (Å²) in [6.07, 6.45) is 1.45. The molecule has 4 nitrogen and oxygen atoms in total. The normalized spacial score (nSPS) is 16.0. The Morgan fingerprint density at radius 3 is 2.59 bits per heavy atom. The van der Waals surface area contributed by atoms with E-state index in [0.29, 0.717) is 18.1 Å². The third-order valence-electron chi connectivity index (χ3n) is 4.88. The van der Waals surface area contributed by atoms with Crippen molar-refractivity contribution in [1.29, 1.82) is 0 Å². The highest BCUT2D eigenvalue weighted by Gasteiger charge is 2.29. The van der Waals surface area contributed by atoms with Gasteiger partial charge >= 0.3 is 0 Å². The van der Waals surface area contributed by atoms with Crippen molar-refractivity contribution < 1.29 is 9.52 Å². The molecule has 4 rings (SSSR count). The van der Waals surface area contributed by atoms with Crippen LogP contribution in [0.4, 0.5) is 0 Å². The smallest absolute Gasteiger partial charge is 0.251 e. The number of carbonyl (C=O) groups excluding carboxylic acids is 1. The molecule has 0 aliphatic carbocycles. The standard InChI is InChI=1S/C22H20N2O2S/c25-21(16-27-22-12-6-7-13-24(22)26)23-14-18-10-4-5-11-19(18)20(15-23)17-8-2-1-3-9-17/h1-13,20H,14-16H2/t20-/m1/s1. The molecule has 1 atom stereocenters. The van der Waals surface area contributed by atoms with Crippen LogP contribution in [0.1, 0.15) is 22.6 Å². The van der Waals surface area contributed by atoms with Gasteiger partial charge in [-0.15, -0.1) is 0 Å². The lowest BCUT2D eigenvalue weighted by atomic mass is 9.85. The van der Waals surface area contributed by atoms with Gasteiger partial charge in [-0.2, -0.15) is 4.73 Å². The lowest BCUT2D eigenvalue weighted by Crippen LogP contribution is -2.40. The zero-order valence-corrected chi connectivity index (χ0v) is 15.6. The second-order valence-corrected chi connectivity index (χ2v) is 7.59. The van der Waals surface area contributed by atoms with E-state index >= 15 is 0 Å². The summed E-state index contributed by atoms with van der Waals surface area (Å²) in [5.74, 6) is 0.487. The van der Waals surface area contributed by atoms with E-state index in [4.69, 9.17) is 0 Å². The number of benzene rings is 2. The SMILES string of the molecule is O=C(CSc1cccc[n+]1[O-])N1Cc2ccccc2[C@@H](c2ccccc2)C1. The van der Waals surface area contributed by atoms with Crippen molar-refractivity contribution in [2.75, 3.05) is 12.3 Å². The van der Waals surface area contributed by atoms with E-state index in [0.717, 1.165) is 4.73 Å². The van der Waals surface area contributed by atoms with Crippen molar-refractivity contribution in [1.82, 2.24) is 4.90 Å². The number of amides is 1. The predicted octanol–water partition coefficient (Wildman–Crippen LogP) is 3.59. The van der Waals surface area contributed by atoms with Gasteiger partial charge in [0, 0.05) is 31.1 Å². The highest BCUT2D eigenvalue weighted by Crippen LogP contribution is 2.33. The Balaban J connectivity index is 1.54. The van der Waals surface area contributed by atoms with E-state index in [9.17, 15) is 10.0 Å². The molecule has 0 radical (unpaired) electrons. The molecule has 2 aromatic carbocycles. The Morgan fingerprint density at radius 1 is 1.04 bits per heavy atom. The first-order chi connectivity index (χ1) is 13.2. The van der Waals surface area contributed by atoms with E-state index < -0.39 is 0 Å². The predicted molar refractivity (Wildman–Crippen MR) is 106 cm³/mol. The molecule has 0 saturated heterocycles. The molecule has 2 heterocycles. The molecule has 1 aliphatic rings. The number of hydrogen-bond donors (Lipinski definition) is 0. The van der Waals surface area contributed by atoms with Crippen molar-refractivity contribution in [3.63, 3.8) is 0 Å². The summed E-state index contributed by atoms with van der Waals surface area (Å²) in [5, 5.41) is 12.3. The summed E-state index contributed by atoms with van der Waals surface area (Å²) >= 11 is 1.29. The first-order valence-electron chi connectivity index (χ1n) is 8.94. The van der Waals surface area contributed by atoms with Crippen LogP contribution in [-0.4, -0.2) is 23.1 Å². The number of rotatable bonds is 4. The van der Waals surface area contributed by atoms with Gasteiger partial charge in [0.25, 0.3) is 5.03 Å². The Hall–Kier alpha value is -2.79. The summed E-state index contributed by atoms with van der Waals surface area (Å²) in [5.41, 5.74) is 3.70. The Morgan fingerprint density at radius 2 is 1.78 bits per heavy atom. The molecule has 0 saturated carbocycles. The second-order valence-electron chi connectivity index (χ2n) is 6.59. The molecule has 136 valence electrons. The molecule has 0 N–H and O–H groups in total. The van der Waals surface area contributed by atoms with Crippen molar-refractivity contribution in [2.24, 2.45) is 0 Å². The minimum Gasteiger partial charge on any atom is -0.618 e. The zero-order chi connectivity index (χ0) is 18.6. The fourth-order valence-electron chi connectivity index (χ4n) is 3.52. The van der Waals surface area contributed by atoms with Gasteiger partial charge in [-0.25, -0.2) is 0 Å². The van der Waals surface area contributed by atoms with Crippen LogP contribution in [0, 0.1) is 5.21 Å². The largest absolute Gasteiger partial charge is 0.618 e. The molecular formula is C22H20N2O2S. The van der Waals surface area contributed by atoms with Crippen LogP contribution in [0.2, 0.25) is 0 Å². The van der Waals surface area contributed by atoms with Gasteiger partial charge in [-0.3, -0.25) is 4.79 Å². The number of aromatic nitrogens is 1. The maximum Gasteiger partial charge on any atom is 0.251 e. The number of fused-ring (bicyclic) bond motifs is 1. The van der Waals surface area contributed by atoms with Gasteiger partial charge in [0.2, 0.25) is 5.91 Å². The summed E-state index contributed by atoms with van der Waals surface area (Å²) in [7, 11) is 0. The molecule has 5 heteroatoms. The summed E-state index contributed by atoms with van der Waals surface area (Å²) in [6.45, 7) is 1.28. The zero-order valence-electron chi connectivity index (χ0n) is 14.8. The average Bonchev–Trinajstić information content (AvgIpc) is 2.73. The van der Waals surface area contributed by atoms with Crippen LogP contribution in [0.3, 0.4) is 0 Å². The average molecular weight is 376 g/mol. The van der Waals surface area contributed by atoms with E-state index in [-0.39, 0.29) is 17.6 Å². The molecule has 1 amide bonds. The van der Waals surface area contributed by atoms with Crippen molar-refractivity contribution in [3.8, 4) is 0 Å². The van der Waals surface area contributed by atoms with Gasteiger partial charge in [-0.05, 0) is 34.5 Å². The Bertz CT molecular complexity index is 946. The van der Waals surface area contributed by atoms with E-state index in [2.05, 4.69) is 30.3 Å². The molecule has 1 aromatic heterocycles. The topological polar surface area (TPSA) is 47.2 Å². The summed E-state index contributed by atoms with van der Waals surface area (Å²) in [4.78, 5) is 14.8. The molecular weight excluding hydrogens is 356 g/mol. The molecule has 0 unspecified atom stereocenters. The van der Waals surface area contributed by atoms with Gasteiger partial charge in [0.15, 0.2) is 6.20 Å². The minimum absolute atomic E-state index is 0.0549. The minimum atomic E-state index is 0.0549. The van der Waals surface area contributed by atoms with Gasteiger partial charge < -0.3 is 10.1 Å². The van der Waals surface area contributed by atoms with E-state index in [1.165, 1.54) is 34.6 Å². The van der Waals surface area contributed by atoms with E-state index in [1.807, 2.05) is 35.2 Å². The first-order valence-corrected chi connectivity index (χ1v) is 9.92. The third-order valence-corrected chi connectivity index (χ3v) is 5.88. The molecule has 0 fully saturated rings. The first kappa shape index (κ1) is 17.6. The lowest BCUT2D eigenvalue weighted by molar-refractivity contribution is -0.645. The second kappa shape index (κ2) is 7.84. The Kier molecular flexibility index (Phi) is 5.12. The Labute approximate surface area is 163 Å². The van der Waals surface area contributed by atoms with Crippen LogP contribution in [0.5, 0.6) is 0 Å². The monoisotopic (exact) mass is 376 g/mol. The maximum absolute atomic E-state index is 12.9. The molecule has 1 aliphatic heterocycles. The van der Waals surface area contributed by atoms with Crippen LogP contribution in [0.15, 0.2) is 84.0 Å². The fourth-order valence-corrected chi connectivity index (χ4v) is 4.34. The number of pyridine rings is 1. The summed E-state index contributed by atoms with van der Waals surface area (Å²) in [6, 6.07) is 23.9. The van der Waals surface area contributed by atoms with Gasteiger partial charge in [-0.1, -0.05) is 54.6 Å². The van der Waals surface area contributed by atoms with Crippen molar-refractivity contribution in [3.05, 3.63) is 101 Å². The quantitative estimate of drug-likeness (QED) is 0.397. The number of hydrogen-bond acceptors (Lipinski definition) is 3. The maximum atomic E-state index is 12.9. The van der Waals surface area contributed by atoms with Gasteiger partial charge in [0.05, 0.1) is 5.75 Å². The number of thioether (sulfide) groups is 1. The van der Waals surface area contributed by atoms with Crippen molar-refractivity contribution >= 4 is 17.7 Å². The van der Waals surface area contributed by atoms with Crippen LogP contribution in [0.25, 0.3) is 0 Å². The lowest BCUT2D eigenvalue weighted by Gasteiger charge is -2.35. The molecule has 0 bridgehead atoms. The fraction of sp³-hybridized carbons (Fsp3) is 0.182. The summed E-state index contributed by atoms with van der Waals surface area (Å²) < 4.78 is 0.802. The number of nitrogens with zero attached hydrogens (tertiary/aromatic N) is 2. The van der Waals surface area contributed by atoms with Crippen LogP contribution >= 0.6 is 11.8 Å². The number of carbonyl (C=O) groups is 1.